The summed E-state index contributed by atoms with van der Waals surface area (Å²) >= 11 is 3.53. The topological polar surface area (TPSA) is 46.9 Å². The van der Waals surface area contributed by atoms with E-state index in [1.54, 1.807) is 35.1 Å². The maximum Gasteiger partial charge on any atom is 0.229 e. The van der Waals surface area contributed by atoms with Gasteiger partial charge in [-0.2, -0.15) is 5.10 Å². The van der Waals surface area contributed by atoms with E-state index in [-0.39, 0.29) is 23.6 Å². The lowest BCUT2D eigenvalue weighted by atomic mass is 10.1. The first kappa shape index (κ1) is 17.0. The Hall–Kier alpha value is -2.47. The molecule has 26 heavy (non-hydrogen) atoms. The number of carbonyl (C=O) groups is 1. The second-order valence-electron chi connectivity index (χ2n) is 6.42. The maximum atomic E-state index is 13.9. The fraction of sp³-hybridized carbons (Fsp3) is 0.200. The highest BCUT2D eigenvalue weighted by atomic mass is 79.9. The van der Waals surface area contributed by atoms with Crippen LogP contribution in [0.25, 0.3) is 0 Å². The van der Waals surface area contributed by atoms with E-state index in [4.69, 9.17) is 0 Å². The van der Waals surface area contributed by atoms with Gasteiger partial charge < -0.3 is 5.32 Å². The third-order valence-electron chi connectivity index (χ3n) is 4.68. The number of benzene rings is 2. The lowest BCUT2D eigenvalue weighted by Crippen LogP contribution is -2.18. The van der Waals surface area contributed by atoms with Crippen molar-refractivity contribution >= 4 is 27.7 Å². The van der Waals surface area contributed by atoms with Gasteiger partial charge in [0.1, 0.15) is 11.6 Å². The second-order valence-corrected chi connectivity index (χ2v) is 7.28. The van der Waals surface area contributed by atoms with Gasteiger partial charge in [0.05, 0.1) is 12.7 Å². The van der Waals surface area contributed by atoms with Gasteiger partial charge in [0.15, 0.2) is 0 Å². The van der Waals surface area contributed by atoms with Crippen molar-refractivity contribution in [3.05, 3.63) is 82.2 Å². The van der Waals surface area contributed by atoms with Gasteiger partial charge in [-0.3, -0.25) is 4.79 Å². The number of aromatic nitrogens is 2. The standard InChI is InChI=1S/C20H17BrFN3O/c21-17-7-3-1-5-13(17)12-25-19(9-10-23-25)24-20(26)16-11-15(16)14-6-2-4-8-18(14)22/h1-10,15-16H,11-12H2,(H,24,26). The summed E-state index contributed by atoms with van der Waals surface area (Å²) in [7, 11) is 0. The van der Waals surface area contributed by atoms with Crippen LogP contribution in [-0.4, -0.2) is 15.7 Å². The van der Waals surface area contributed by atoms with Crippen molar-refractivity contribution in [2.24, 2.45) is 5.92 Å². The summed E-state index contributed by atoms with van der Waals surface area (Å²) in [5, 5.41) is 7.23. The van der Waals surface area contributed by atoms with Crippen LogP contribution in [0.15, 0.2) is 65.3 Å². The number of nitrogens with one attached hydrogen (secondary N) is 1. The van der Waals surface area contributed by atoms with Crippen molar-refractivity contribution in [1.82, 2.24) is 9.78 Å². The summed E-state index contributed by atoms with van der Waals surface area (Å²) in [6.45, 7) is 0.547. The van der Waals surface area contributed by atoms with Crippen LogP contribution in [0, 0.1) is 11.7 Å². The number of amides is 1. The van der Waals surface area contributed by atoms with Crippen LogP contribution < -0.4 is 5.32 Å². The zero-order valence-corrected chi connectivity index (χ0v) is 15.5. The number of nitrogens with zero attached hydrogens (tertiary/aromatic N) is 2. The van der Waals surface area contributed by atoms with Crippen molar-refractivity contribution in [3.63, 3.8) is 0 Å². The molecule has 132 valence electrons. The van der Waals surface area contributed by atoms with E-state index in [9.17, 15) is 9.18 Å². The predicted molar refractivity (Wildman–Crippen MR) is 101 cm³/mol. The highest BCUT2D eigenvalue weighted by molar-refractivity contribution is 9.10. The minimum absolute atomic E-state index is 0.0455. The van der Waals surface area contributed by atoms with Gasteiger partial charge >= 0.3 is 0 Å². The Morgan fingerprint density at radius 3 is 2.77 bits per heavy atom. The summed E-state index contributed by atoms with van der Waals surface area (Å²) in [5.74, 6) is 0.0680. The smallest absolute Gasteiger partial charge is 0.229 e. The first-order valence-electron chi connectivity index (χ1n) is 8.44. The van der Waals surface area contributed by atoms with Crippen LogP contribution in [-0.2, 0) is 11.3 Å². The van der Waals surface area contributed by atoms with E-state index in [0.29, 0.717) is 24.3 Å². The Labute approximate surface area is 159 Å². The second kappa shape index (κ2) is 7.03. The Bertz CT molecular complexity index is 955. The number of carbonyl (C=O) groups excluding carboxylic acids is 1. The Morgan fingerprint density at radius 2 is 1.96 bits per heavy atom. The molecule has 6 heteroatoms. The van der Waals surface area contributed by atoms with E-state index < -0.39 is 0 Å². The average molecular weight is 414 g/mol. The first-order valence-corrected chi connectivity index (χ1v) is 9.23. The molecule has 0 spiro atoms. The summed E-state index contributed by atoms with van der Waals surface area (Å²) < 4.78 is 16.6. The molecule has 0 radical (unpaired) electrons. The molecule has 1 aromatic heterocycles. The quantitative estimate of drug-likeness (QED) is 0.665. The van der Waals surface area contributed by atoms with Crippen LogP contribution >= 0.6 is 15.9 Å². The molecule has 1 aliphatic carbocycles. The molecule has 0 saturated heterocycles. The van der Waals surface area contributed by atoms with E-state index >= 15 is 0 Å². The van der Waals surface area contributed by atoms with Crippen LogP contribution in [0.3, 0.4) is 0 Å². The molecule has 4 rings (SSSR count). The van der Waals surface area contributed by atoms with Gasteiger partial charge in [-0.15, -0.1) is 0 Å². The van der Waals surface area contributed by atoms with Crippen molar-refractivity contribution < 1.29 is 9.18 Å². The van der Waals surface area contributed by atoms with Crippen molar-refractivity contribution in [2.45, 2.75) is 18.9 Å². The Morgan fingerprint density at radius 1 is 1.19 bits per heavy atom. The Kier molecular flexibility index (Phi) is 4.59. The molecule has 2 atom stereocenters. The van der Waals surface area contributed by atoms with Crippen molar-refractivity contribution in [1.29, 1.82) is 0 Å². The highest BCUT2D eigenvalue weighted by Gasteiger charge is 2.45. The van der Waals surface area contributed by atoms with E-state index in [1.807, 2.05) is 24.3 Å². The lowest BCUT2D eigenvalue weighted by Gasteiger charge is -2.10. The molecular formula is C20H17BrFN3O. The zero-order chi connectivity index (χ0) is 18.1. The van der Waals surface area contributed by atoms with Crippen LogP contribution in [0.2, 0.25) is 0 Å². The maximum absolute atomic E-state index is 13.9. The molecule has 2 unspecified atom stereocenters. The molecule has 1 N–H and O–H groups in total. The van der Waals surface area contributed by atoms with Crippen LogP contribution in [0.1, 0.15) is 23.5 Å². The van der Waals surface area contributed by atoms with Gasteiger partial charge in [-0.1, -0.05) is 52.3 Å². The third-order valence-corrected chi connectivity index (χ3v) is 5.45. The van der Waals surface area contributed by atoms with Gasteiger partial charge in [0, 0.05) is 16.5 Å². The Balaban J connectivity index is 1.44. The van der Waals surface area contributed by atoms with Crippen LogP contribution in [0.5, 0.6) is 0 Å². The zero-order valence-electron chi connectivity index (χ0n) is 13.9. The average Bonchev–Trinajstić information content (AvgIpc) is 3.32. The fourth-order valence-corrected chi connectivity index (χ4v) is 3.59. The molecule has 2 aromatic carbocycles. The highest BCUT2D eigenvalue weighted by Crippen LogP contribution is 2.48. The fourth-order valence-electron chi connectivity index (χ4n) is 3.18. The summed E-state index contributed by atoms with van der Waals surface area (Å²) in [6.07, 6.45) is 2.33. The van der Waals surface area contributed by atoms with Crippen molar-refractivity contribution in [3.8, 4) is 0 Å². The van der Waals surface area contributed by atoms with Gasteiger partial charge in [-0.05, 0) is 35.6 Å². The molecule has 0 bridgehead atoms. The van der Waals surface area contributed by atoms with Crippen LogP contribution in [0.4, 0.5) is 10.2 Å². The van der Waals surface area contributed by atoms with Gasteiger partial charge in [-0.25, -0.2) is 9.07 Å². The van der Waals surface area contributed by atoms with Crippen molar-refractivity contribution in [2.75, 3.05) is 5.32 Å². The van der Waals surface area contributed by atoms with E-state index in [1.165, 1.54) is 6.07 Å². The normalized spacial score (nSPS) is 18.5. The summed E-state index contributed by atoms with van der Waals surface area (Å²) in [4.78, 5) is 12.6. The molecule has 1 aliphatic rings. The molecule has 1 saturated carbocycles. The minimum Gasteiger partial charge on any atom is -0.311 e. The number of hydrogen-bond donors (Lipinski definition) is 1. The number of anilines is 1. The summed E-state index contributed by atoms with van der Waals surface area (Å²) in [6, 6.07) is 16.3. The number of halogens is 2. The minimum atomic E-state index is -0.244. The van der Waals surface area contributed by atoms with Gasteiger partial charge in [0.25, 0.3) is 0 Å². The molecule has 4 nitrogen and oxygen atoms in total. The van der Waals surface area contributed by atoms with E-state index in [0.717, 1.165) is 10.0 Å². The molecule has 1 amide bonds. The molecular weight excluding hydrogens is 397 g/mol. The number of hydrogen-bond acceptors (Lipinski definition) is 2. The molecule has 0 aliphatic heterocycles. The first-order chi connectivity index (χ1) is 12.6. The molecule has 3 aromatic rings. The lowest BCUT2D eigenvalue weighted by molar-refractivity contribution is -0.117. The SMILES string of the molecule is O=C(Nc1ccnn1Cc1ccccc1Br)C1CC1c1ccccc1F. The number of rotatable bonds is 5. The van der Waals surface area contributed by atoms with E-state index in [2.05, 4.69) is 26.3 Å². The third kappa shape index (κ3) is 3.42. The predicted octanol–water partition coefficient (Wildman–Crippen LogP) is 4.58. The summed E-state index contributed by atoms with van der Waals surface area (Å²) in [5.41, 5.74) is 1.69. The largest absolute Gasteiger partial charge is 0.311 e. The van der Waals surface area contributed by atoms with Gasteiger partial charge in [0.2, 0.25) is 5.91 Å². The molecule has 1 fully saturated rings. The molecule has 1 heterocycles. The monoisotopic (exact) mass is 413 g/mol.